The number of allylic oxidation sites excluding steroid dienone is 5. The van der Waals surface area contributed by atoms with E-state index < -0.39 is 12.1 Å². The van der Waals surface area contributed by atoms with Crippen LogP contribution in [0.4, 0.5) is 0 Å². The van der Waals surface area contributed by atoms with Crippen LogP contribution in [0.15, 0.2) is 48.6 Å². The number of epoxide rings is 1. The molecule has 0 amide bonds. The molecule has 4 heteroatoms. The highest BCUT2D eigenvalue weighted by atomic mass is 16.6. The lowest BCUT2D eigenvalue weighted by Gasteiger charge is -1.99. The number of hydrogen-bond acceptors (Lipinski definition) is 3. The number of carbonyl (C=O) groups is 1. The van der Waals surface area contributed by atoms with E-state index in [-0.39, 0.29) is 6.42 Å². The molecular formula is C20H30O4. The minimum atomic E-state index is -0.765. The number of carboxylic acid groups (broad SMARTS) is 1. The van der Waals surface area contributed by atoms with Gasteiger partial charge in [-0.1, -0.05) is 55.5 Å². The molecule has 0 aliphatic carbocycles. The third-order valence-electron chi connectivity index (χ3n) is 3.78. The summed E-state index contributed by atoms with van der Waals surface area (Å²) < 4.78 is 5.46. The fraction of sp³-hybridized carbons (Fsp3) is 0.550. The number of carboxylic acids is 1. The van der Waals surface area contributed by atoms with Gasteiger partial charge in [0.05, 0.1) is 18.3 Å². The summed E-state index contributed by atoms with van der Waals surface area (Å²) in [6.07, 6.45) is 21.2. The first kappa shape index (κ1) is 20.4. The van der Waals surface area contributed by atoms with Crippen LogP contribution in [0.25, 0.3) is 0 Å². The molecule has 0 saturated carbocycles. The lowest BCUT2D eigenvalue weighted by atomic mass is 10.2. The Kier molecular flexibility index (Phi) is 10.8. The highest BCUT2D eigenvalue weighted by molar-refractivity contribution is 5.66. The van der Waals surface area contributed by atoms with Crippen LogP contribution in [0, 0.1) is 0 Å². The molecule has 1 aliphatic heterocycles. The van der Waals surface area contributed by atoms with Gasteiger partial charge >= 0.3 is 5.97 Å². The fourth-order valence-corrected chi connectivity index (χ4v) is 2.30. The van der Waals surface area contributed by atoms with Gasteiger partial charge in [-0.15, -0.1) is 0 Å². The van der Waals surface area contributed by atoms with E-state index in [1.165, 1.54) is 0 Å². The largest absolute Gasteiger partial charge is 0.481 e. The predicted molar refractivity (Wildman–Crippen MR) is 96.9 cm³/mol. The first-order chi connectivity index (χ1) is 11.6. The average molecular weight is 334 g/mol. The zero-order valence-corrected chi connectivity index (χ0v) is 14.5. The Bertz CT molecular complexity index is 462. The third-order valence-corrected chi connectivity index (χ3v) is 3.78. The Balaban J connectivity index is 2.01. The Hall–Kier alpha value is -1.65. The summed E-state index contributed by atoms with van der Waals surface area (Å²) in [4.78, 5) is 10.3. The van der Waals surface area contributed by atoms with Crippen molar-refractivity contribution in [2.45, 2.75) is 70.2 Å². The van der Waals surface area contributed by atoms with Gasteiger partial charge in [0, 0.05) is 6.42 Å². The Morgan fingerprint density at radius 2 is 1.96 bits per heavy atom. The van der Waals surface area contributed by atoms with Crippen LogP contribution in [0.2, 0.25) is 0 Å². The standard InChI is InChI=1S/C20H30O4/c1-2-18-19(24-18)15-11-6-4-3-5-9-13-17(21)14-10-7-8-12-16-20(22)23/h3,5-7,9-11,13,17-19,21H,2,4,8,12,14-16H2,1H3,(H,22,23). The number of aliphatic hydroxyl groups is 1. The van der Waals surface area contributed by atoms with E-state index in [1.807, 2.05) is 30.4 Å². The van der Waals surface area contributed by atoms with Crippen molar-refractivity contribution in [2.75, 3.05) is 0 Å². The van der Waals surface area contributed by atoms with Gasteiger partial charge in [-0.2, -0.15) is 0 Å². The maximum absolute atomic E-state index is 10.3. The van der Waals surface area contributed by atoms with Gasteiger partial charge in [-0.05, 0) is 38.5 Å². The Morgan fingerprint density at radius 1 is 1.12 bits per heavy atom. The van der Waals surface area contributed by atoms with Gasteiger partial charge < -0.3 is 14.9 Å². The molecule has 1 heterocycles. The van der Waals surface area contributed by atoms with Gasteiger partial charge in [0.1, 0.15) is 0 Å². The van der Waals surface area contributed by atoms with Gasteiger partial charge in [0.2, 0.25) is 0 Å². The molecule has 0 aromatic heterocycles. The zero-order valence-electron chi connectivity index (χ0n) is 14.5. The minimum Gasteiger partial charge on any atom is -0.481 e. The normalized spacial score (nSPS) is 22.2. The summed E-state index contributed by atoms with van der Waals surface area (Å²) in [6, 6.07) is 0. The molecule has 0 aromatic rings. The molecule has 0 aromatic carbocycles. The lowest BCUT2D eigenvalue weighted by molar-refractivity contribution is -0.137. The maximum Gasteiger partial charge on any atom is 0.303 e. The average Bonchev–Trinajstić information content (AvgIpc) is 3.31. The van der Waals surface area contributed by atoms with Crippen LogP contribution >= 0.6 is 0 Å². The second-order valence-corrected chi connectivity index (χ2v) is 5.94. The molecule has 2 N–H and O–H groups in total. The van der Waals surface area contributed by atoms with E-state index in [2.05, 4.69) is 19.1 Å². The molecule has 0 bridgehead atoms. The summed E-state index contributed by atoms with van der Waals surface area (Å²) >= 11 is 0. The Labute approximate surface area is 145 Å². The minimum absolute atomic E-state index is 0.193. The molecule has 134 valence electrons. The van der Waals surface area contributed by atoms with Crippen LogP contribution < -0.4 is 0 Å². The van der Waals surface area contributed by atoms with Crippen molar-refractivity contribution < 1.29 is 19.7 Å². The van der Waals surface area contributed by atoms with Crippen LogP contribution in [0.1, 0.15) is 51.9 Å². The first-order valence-electron chi connectivity index (χ1n) is 8.82. The molecule has 0 radical (unpaired) electrons. The molecule has 24 heavy (non-hydrogen) atoms. The number of hydrogen-bond donors (Lipinski definition) is 2. The molecule has 1 rings (SSSR count). The van der Waals surface area contributed by atoms with Crippen molar-refractivity contribution in [3.8, 4) is 0 Å². The molecule has 1 fully saturated rings. The van der Waals surface area contributed by atoms with Gasteiger partial charge in [0.25, 0.3) is 0 Å². The third kappa shape index (κ3) is 11.0. The van der Waals surface area contributed by atoms with Crippen LogP contribution in [-0.4, -0.2) is 34.5 Å². The summed E-state index contributed by atoms with van der Waals surface area (Å²) in [7, 11) is 0. The topological polar surface area (TPSA) is 70.1 Å². The summed E-state index contributed by atoms with van der Waals surface area (Å²) in [5, 5.41) is 18.3. The molecule has 0 spiro atoms. The van der Waals surface area contributed by atoms with Crippen molar-refractivity contribution >= 4 is 5.97 Å². The lowest BCUT2D eigenvalue weighted by Crippen LogP contribution is -1.98. The smallest absolute Gasteiger partial charge is 0.303 e. The number of rotatable bonds is 13. The van der Waals surface area contributed by atoms with E-state index >= 15 is 0 Å². The second kappa shape index (κ2) is 12.7. The quantitative estimate of drug-likeness (QED) is 0.229. The summed E-state index contributed by atoms with van der Waals surface area (Å²) in [5.41, 5.74) is 0. The van der Waals surface area contributed by atoms with Gasteiger partial charge in [0.15, 0.2) is 0 Å². The highest BCUT2D eigenvalue weighted by Crippen LogP contribution is 2.28. The SMILES string of the molecule is CCC1OC1CC=CCC=CC=CC(O)CC=CCCCC(=O)O. The maximum atomic E-state index is 10.3. The fourth-order valence-electron chi connectivity index (χ4n) is 2.30. The van der Waals surface area contributed by atoms with Crippen LogP contribution in [0.3, 0.4) is 0 Å². The second-order valence-electron chi connectivity index (χ2n) is 5.94. The van der Waals surface area contributed by atoms with Crippen LogP contribution in [-0.2, 0) is 9.53 Å². The van der Waals surface area contributed by atoms with E-state index in [0.29, 0.717) is 25.0 Å². The van der Waals surface area contributed by atoms with Crippen LogP contribution in [0.5, 0.6) is 0 Å². The van der Waals surface area contributed by atoms with E-state index in [9.17, 15) is 9.90 Å². The van der Waals surface area contributed by atoms with Crippen molar-refractivity contribution in [3.05, 3.63) is 48.6 Å². The predicted octanol–water partition coefficient (Wildman–Crippen LogP) is 4.17. The molecule has 1 saturated heterocycles. The van der Waals surface area contributed by atoms with E-state index in [0.717, 1.165) is 25.7 Å². The number of unbranched alkanes of at least 4 members (excludes halogenated alkanes) is 1. The zero-order chi connectivity index (χ0) is 17.6. The van der Waals surface area contributed by atoms with E-state index in [4.69, 9.17) is 9.84 Å². The van der Waals surface area contributed by atoms with Crippen molar-refractivity contribution in [2.24, 2.45) is 0 Å². The monoisotopic (exact) mass is 334 g/mol. The summed E-state index contributed by atoms with van der Waals surface area (Å²) in [6.45, 7) is 2.15. The van der Waals surface area contributed by atoms with Crippen molar-refractivity contribution in [1.29, 1.82) is 0 Å². The Morgan fingerprint density at radius 3 is 2.67 bits per heavy atom. The van der Waals surface area contributed by atoms with Gasteiger partial charge in [-0.25, -0.2) is 0 Å². The number of aliphatic carboxylic acids is 1. The number of aliphatic hydroxyl groups excluding tert-OH is 1. The molecule has 1 aliphatic rings. The molecule has 3 unspecified atom stereocenters. The first-order valence-corrected chi connectivity index (χ1v) is 8.82. The van der Waals surface area contributed by atoms with Crippen molar-refractivity contribution in [3.63, 3.8) is 0 Å². The van der Waals surface area contributed by atoms with Crippen molar-refractivity contribution in [1.82, 2.24) is 0 Å². The molecular weight excluding hydrogens is 304 g/mol. The highest BCUT2D eigenvalue weighted by Gasteiger charge is 2.35. The van der Waals surface area contributed by atoms with Gasteiger partial charge in [-0.3, -0.25) is 4.79 Å². The van der Waals surface area contributed by atoms with E-state index in [1.54, 1.807) is 6.08 Å². The summed E-state index contributed by atoms with van der Waals surface area (Å²) in [5.74, 6) is -0.765. The molecule has 3 atom stereocenters. The molecule has 4 nitrogen and oxygen atoms in total. The number of ether oxygens (including phenoxy) is 1.